The van der Waals surface area contributed by atoms with Crippen molar-refractivity contribution >= 4 is 5.95 Å². The van der Waals surface area contributed by atoms with E-state index >= 15 is 0 Å². The van der Waals surface area contributed by atoms with Crippen molar-refractivity contribution in [3.05, 3.63) is 83.7 Å². The Morgan fingerprint density at radius 1 is 0.970 bits per heavy atom. The molecule has 0 unspecified atom stereocenters. The number of hydrogen-bond acceptors (Lipinski definition) is 6. The minimum atomic E-state index is -2.76. The van der Waals surface area contributed by atoms with Crippen molar-refractivity contribution in [1.82, 2.24) is 19.9 Å². The fourth-order valence-electron chi connectivity index (χ4n) is 3.39. The third kappa shape index (κ3) is 5.25. The number of aryl methyl sites for hydroxylation is 1. The lowest BCUT2D eigenvalue weighted by Gasteiger charge is -2.16. The van der Waals surface area contributed by atoms with Crippen LogP contribution in [0.25, 0.3) is 22.4 Å². The van der Waals surface area contributed by atoms with Gasteiger partial charge < -0.3 is 10.5 Å². The average molecular weight is 451 g/mol. The molecule has 4 rings (SSSR count). The molecule has 0 aliphatic heterocycles. The highest BCUT2D eigenvalue weighted by Gasteiger charge is 2.21. The standard InChI is InChI=1S/C24H20F3N5O/c1-14-12-16(13-19(30-14)22(26)27)20-21(15-5-7-17(25)8-6-15)31-24(28)32-23(20)33-11-9-18-4-2-3-10-29-18/h2-8,10,12-13,22H,9,11H2,1H3,(H2,28,31,32). The van der Waals surface area contributed by atoms with Crippen molar-refractivity contribution in [2.24, 2.45) is 0 Å². The molecule has 0 spiro atoms. The smallest absolute Gasteiger partial charge is 0.280 e. The van der Waals surface area contributed by atoms with Gasteiger partial charge in [0.15, 0.2) is 0 Å². The predicted octanol–water partition coefficient (Wildman–Crippen LogP) is 5.19. The van der Waals surface area contributed by atoms with Gasteiger partial charge >= 0.3 is 0 Å². The highest BCUT2D eigenvalue weighted by Crippen LogP contribution is 2.39. The summed E-state index contributed by atoms with van der Waals surface area (Å²) in [5.74, 6) is -0.358. The number of halogens is 3. The molecule has 4 aromatic rings. The summed E-state index contributed by atoms with van der Waals surface area (Å²) in [5, 5.41) is 0. The van der Waals surface area contributed by atoms with Gasteiger partial charge in [0.25, 0.3) is 6.43 Å². The van der Waals surface area contributed by atoms with E-state index in [-0.39, 0.29) is 24.1 Å². The second-order valence-electron chi connectivity index (χ2n) is 7.26. The highest BCUT2D eigenvalue weighted by atomic mass is 19.3. The summed E-state index contributed by atoms with van der Waals surface area (Å²) in [6.07, 6.45) is -0.587. The molecule has 2 N–H and O–H groups in total. The number of ether oxygens (including phenoxy) is 1. The van der Waals surface area contributed by atoms with Crippen molar-refractivity contribution in [3.63, 3.8) is 0 Å². The fourth-order valence-corrected chi connectivity index (χ4v) is 3.39. The van der Waals surface area contributed by atoms with E-state index in [0.29, 0.717) is 34.5 Å². The summed E-state index contributed by atoms with van der Waals surface area (Å²) < 4.78 is 46.4. The Bertz CT molecular complexity index is 1250. The summed E-state index contributed by atoms with van der Waals surface area (Å²) in [5.41, 5.74) is 8.40. The molecule has 0 atom stereocenters. The van der Waals surface area contributed by atoms with Crippen LogP contribution >= 0.6 is 0 Å². The molecule has 0 bridgehead atoms. The van der Waals surface area contributed by atoms with Crippen molar-refractivity contribution in [2.75, 3.05) is 12.3 Å². The predicted molar refractivity (Wildman–Crippen MR) is 118 cm³/mol. The lowest BCUT2D eigenvalue weighted by molar-refractivity contribution is 0.146. The number of nitrogens with two attached hydrogens (primary N) is 1. The molecule has 0 saturated carbocycles. The lowest BCUT2D eigenvalue weighted by atomic mass is 9.99. The van der Waals surface area contributed by atoms with E-state index in [4.69, 9.17) is 10.5 Å². The normalized spacial score (nSPS) is 11.1. The van der Waals surface area contributed by atoms with E-state index in [0.717, 1.165) is 5.69 Å². The molecule has 6 nitrogen and oxygen atoms in total. The first-order valence-corrected chi connectivity index (χ1v) is 10.1. The summed E-state index contributed by atoms with van der Waals surface area (Å²) >= 11 is 0. The molecule has 0 radical (unpaired) electrons. The van der Waals surface area contributed by atoms with Crippen LogP contribution in [0, 0.1) is 12.7 Å². The molecule has 3 aromatic heterocycles. The van der Waals surface area contributed by atoms with E-state index in [1.807, 2.05) is 18.2 Å². The van der Waals surface area contributed by atoms with Crippen molar-refractivity contribution in [1.29, 1.82) is 0 Å². The molecule has 3 heterocycles. The number of anilines is 1. The van der Waals surface area contributed by atoms with Crippen LogP contribution in [0.3, 0.4) is 0 Å². The van der Waals surface area contributed by atoms with Gasteiger partial charge in [-0.2, -0.15) is 4.98 Å². The molecule has 168 valence electrons. The van der Waals surface area contributed by atoms with Crippen LogP contribution in [-0.4, -0.2) is 26.5 Å². The van der Waals surface area contributed by atoms with E-state index in [2.05, 4.69) is 19.9 Å². The average Bonchev–Trinajstić information content (AvgIpc) is 2.79. The SMILES string of the molecule is Cc1cc(-c2c(OCCc3ccccn3)nc(N)nc2-c2ccc(F)cc2)cc(C(F)F)n1. The van der Waals surface area contributed by atoms with Crippen LogP contribution in [0.15, 0.2) is 60.8 Å². The molecule has 1 aromatic carbocycles. The first kappa shape index (κ1) is 22.2. The number of hydrogen-bond donors (Lipinski definition) is 1. The second kappa shape index (κ2) is 9.64. The minimum Gasteiger partial charge on any atom is -0.477 e. The van der Waals surface area contributed by atoms with E-state index in [1.165, 1.54) is 30.3 Å². The van der Waals surface area contributed by atoms with Crippen LogP contribution in [0.2, 0.25) is 0 Å². The Balaban J connectivity index is 1.82. The monoisotopic (exact) mass is 451 g/mol. The Hall–Kier alpha value is -4.01. The topological polar surface area (TPSA) is 86.8 Å². The highest BCUT2D eigenvalue weighted by molar-refractivity contribution is 5.85. The third-order valence-electron chi connectivity index (χ3n) is 4.82. The number of nitrogen functional groups attached to an aromatic ring is 1. The molecule has 0 fully saturated rings. The number of pyridine rings is 2. The zero-order valence-electron chi connectivity index (χ0n) is 17.7. The minimum absolute atomic E-state index is 0.0641. The molecular formula is C24H20F3N5O. The van der Waals surface area contributed by atoms with Crippen molar-refractivity contribution in [3.8, 4) is 28.3 Å². The van der Waals surface area contributed by atoms with E-state index in [1.54, 1.807) is 19.2 Å². The van der Waals surface area contributed by atoms with Gasteiger partial charge in [0.05, 0.1) is 17.9 Å². The van der Waals surface area contributed by atoms with Crippen LogP contribution in [0.4, 0.5) is 19.1 Å². The molecule has 33 heavy (non-hydrogen) atoms. The van der Waals surface area contributed by atoms with Crippen molar-refractivity contribution < 1.29 is 17.9 Å². The van der Waals surface area contributed by atoms with Gasteiger partial charge in [-0.25, -0.2) is 18.2 Å². The maximum Gasteiger partial charge on any atom is 0.280 e. The van der Waals surface area contributed by atoms with Gasteiger partial charge in [-0.1, -0.05) is 6.07 Å². The van der Waals surface area contributed by atoms with Gasteiger partial charge in [-0.3, -0.25) is 9.97 Å². The molecule has 0 amide bonds. The molecule has 0 aliphatic carbocycles. The number of alkyl halides is 2. The number of aromatic nitrogens is 4. The van der Waals surface area contributed by atoms with Gasteiger partial charge in [0.1, 0.15) is 11.5 Å². The van der Waals surface area contributed by atoms with Gasteiger partial charge in [-0.15, -0.1) is 0 Å². The second-order valence-corrected chi connectivity index (χ2v) is 7.26. The molecule has 9 heteroatoms. The largest absolute Gasteiger partial charge is 0.477 e. The molecule has 0 aliphatic rings. The first-order chi connectivity index (χ1) is 15.9. The van der Waals surface area contributed by atoms with Crippen LogP contribution < -0.4 is 10.5 Å². The number of benzene rings is 1. The quantitative estimate of drug-likeness (QED) is 0.416. The summed E-state index contributed by atoms with van der Waals surface area (Å²) in [6.45, 7) is 1.84. The van der Waals surface area contributed by atoms with E-state index in [9.17, 15) is 13.2 Å². The summed E-state index contributed by atoms with van der Waals surface area (Å²) in [4.78, 5) is 16.7. The maximum atomic E-state index is 13.5. The zero-order valence-corrected chi connectivity index (χ0v) is 17.7. The Kier molecular flexibility index (Phi) is 6.48. The molecule has 0 saturated heterocycles. The first-order valence-electron chi connectivity index (χ1n) is 10.1. The number of rotatable bonds is 7. The Morgan fingerprint density at radius 3 is 2.45 bits per heavy atom. The fraction of sp³-hybridized carbons (Fsp3) is 0.167. The zero-order chi connectivity index (χ0) is 23.4. The summed E-state index contributed by atoms with van der Waals surface area (Å²) in [7, 11) is 0. The Labute approximate surface area is 188 Å². The van der Waals surface area contributed by atoms with Crippen molar-refractivity contribution in [2.45, 2.75) is 19.8 Å². The Morgan fingerprint density at radius 2 is 1.76 bits per heavy atom. The van der Waals surface area contributed by atoms with Gasteiger partial charge in [0.2, 0.25) is 11.8 Å². The van der Waals surface area contributed by atoms with E-state index < -0.39 is 12.2 Å². The summed E-state index contributed by atoms with van der Waals surface area (Å²) in [6, 6.07) is 14.1. The van der Waals surface area contributed by atoms with Crippen LogP contribution in [-0.2, 0) is 6.42 Å². The van der Waals surface area contributed by atoms with Gasteiger partial charge in [-0.05, 0) is 61.0 Å². The lowest BCUT2D eigenvalue weighted by Crippen LogP contribution is -2.09. The third-order valence-corrected chi connectivity index (χ3v) is 4.82. The maximum absolute atomic E-state index is 13.5. The molecular weight excluding hydrogens is 431 g/mol. The van der Waals surface area contributed by atoms with Gasteiger partial charge in [0, 0.05) is 29.6 Å². The van der Waals surface area contributed by atoms with Crippen LogP contribution in [0.5, 0.6) is 5.88 Å². The van der Waals surface area contributed by atoms with Crippen LogP contribution in [0.1, 0.15) is 23.5 Å². The number of nitrogens with zero attached hydrogens (tertiary/aromatic N) is 4.